The smallest absolute Gasteiger partial charge is 0.252 e. The minimum Gasteiger partial charge on any atom is -0.354 e. The number of amides is 2. The van der Waals surface area contributed by atoms with Gasteiger partial charge < -0.3 is 10.6 Å². The summed E-state index contributed by atoms with van der Waals surface area (Å²) < 4.78 is 0. The third-order valence-corrected chi connectivity index (χ3v) is 3.36. The van der Waals surface area contributed by atoms with Gasteiger partial charge in [-0.2, -0.15) is 0 Å². The van der Waals surface area contributed by atoms with Crippen molar-refractivity contribution in [2.24, 2.45) is 5.92 Å². The van der Waals surface area contributed by atoms with Crippen LogP contribution in [0.1, 0.15) is 36.0 Å². The Hall–Kier alpha value is -1.91. The first kappa shape index (κ1) is 13.5. The van der Waals surface area contributed by atoms with Gasteiger partial charge in [0.15, 0.2) is 0 Å². The third-order valence-electron chi connectivity index (χ3n) is 3.36. The van der Waals surface area contributed by atoms with Gasteiger partial charge in [-0.25, -0.2) is 0 Å². The Morgan fingerprint density at radius 2 is 1.95 bits per heavy atom. The molecule has 102 valence electrons. The van der Waals surface area contributed by atoms with Crippen LogP contribution in [0.15, 0.2) is 24.5 Å². The predicted molar refractivity (Wildman–Crippen MR) is 71.5 cm³/mol. The molecule has 5 nitrogen and oxygen atoms in total. The van der Waals surface area contributed by atoms with E-state index in [2.05, 4.69) is 15.6 Å². The van der Waals surface area contributed by atoms with E-state index in [1.165, 1.54) is 6.20 Å². The SMILES string of the molecule is O=C(NCCNC(=O)C1CCCC1)c1cccnc1. The lowest BCUT2D eigenvalue weighted by molar-refractivity contribution is -0.124. The molecule has 1 aromatic rings. The van der Waals surface area contributed by atoms with Gasteiger partial charge in [0.05, 0.1) is 5.56 Å². The van der Waals surface area contributed by atoms with E-state index in [-0.39, 0.29) is 17.7 Å². The zero-order valence-corrected chi connectivity index (χ0v) is 10.9. The van der Waals surface area contributed by atoms with Gasteiger partial charge in [-0.15, -0.1) is 0 Å². The summed E-state index contributed by atoms with van der Waals surface area (Å²) in [5, 5.41) is 5.61. The van der Waals surface area contributed by atoms with Crippen LogP contribution in [-0.2, 0) is 4.79 Å². The Balaban J connectivity index is 1.64. The zero-order valence-electron chi connectivity index (χ0n) is 10.9. The van der Waals surface area contributed by atoms with Crippen molar-refractivity contribution >= 4 is 11.8 Å². The molecule has 0 saturated heterocycles. The maximum atomic E-state index is 11.7. The third kappa shape index (κ3) is 4.05. The average Bonchev–Trinajstić information content (AvgIpc) is 2.98. The molecule has 0 atom stereocenters. The minimum absolute atomic E-state index is 0.119. The first-order valence-electron chi connectivity index (χ1n) is 6.73. The van der Waals surface area contributed by atoms with E-state index in [1.807, 2.05) is 0 Å². The van der Waals surface area contributed by atoms with Crippen molar-refractivity contribution in [3.05, 3.63) is 30.1 Å². The largest absolute Gasteiger partial charge is 0.354 e. The predicted octanol–water partition coefficient (Wildman–Crippen LogP) is 1.12. The monoisotopic (exact) mass is 261 g/mol. The fourth-order valence-electron chi connectivity index (χ4n) is 2.29. The van der Waals surface area contributed by atoms with Gasteiger partial charge in [0.1, 0.15) is 0 Å². The first-order chi connectivity index (χ1) is 9.27. The van der Waals surface area contributed by atoms with Crippen LogP contribution in [0.5, 0.6) is 0 Å². The molecule has 0 aromatic carbocycles. The molecule has 0 unspecified atom stereocenters. The topological polar surface area (TPSA) is 71.1 Å². The Morgan fingerprint density at radius 3 is 2.63 bits per heavy atom. The summed E-state index contributed by atoms with van der Waals surface area (Å²) >= 11 is 0. The van der Waals surface area contributed by atoms with Crippen molar-refractivity contribution in [1.82, 2.24) is 15.6 Å². The summed E-state index contributed by atoms with van der Waals surface area (Å²) in [6, 6.07) is 3.43. The lowest BCUT2D eigenvalue weighted by Crippen LogP contribution is -2.37. The summed E-state index contributed by atoms with van der Waals surface area (Å²) in [7, 11) is 0. The fraction of sp³-hybridized carbons (Fsp3) is 0.500. The molecule has 0 aliphatic heterocycles. The number of rotatable bonds is 5. The van der Waals surface area contributed by atoms with E-state index in [4.69, 9.17) is 0 Å². The molecule has 19 heavy (non-hydrogen) atoms. The van der Waals surface area contributed by atoms with E-state index >= 15 is 0 Å². The van der Waals surface area contributed by atoms with Gasteiger partial charge >= 0.3 is 0 Å². The number of pyridine rings is 1. The maximum absolute atomic E-state index is 11.7. The lowest BCUT2D eigenvalue weighted by Gasteiger charge is -2.10. The van der Waals surface area contributed by atoms with Crippen LogP contribution in [0, 0.1) is 5.92 Å². The average molecular weight is 261 g/mol. The Kier molecular flexibility index (Phi) is 4.89. The van der Waals surface area contributed by atoms with E-state index in [0.717, 1.165) is 25.7 Å². The molecule has 1 fully saturated rings. The van der Waals surface area contributed by atoms with Gasteiger partial charge in [0.2, 0.25) is 5.91 Å². The van der Waals surface area contributed by atoms with E-state index < -0.39 is 0 Å². The number of carbonyl (C=O) groups is 2. The molecular formula is C14H19N3O2. The molecule has 1 aliphatic rings. The zero-order chi connectivity index (χ0) is 13.5. The second-order valence-electron chi connectivity index (χ2n) is 4.77. The second-order valence-corrected chi connectivity index (χ2v) is 4.77. The maximum Gasteiger partial charge on any atom is 0.252 e. The molecular weight excluding hydrogens is 242 g/mol. The van der Waals surface area contributed by atoms with Crippen LogP contribution in [0.2, 0.25) is 0 Å². The Bertz CT molecular complexity index is 428. The summed E-state index contributed by atoms with van der Waals surface area (Å²) in [5.41, 5.74) is 0.532. The lowest BCUT2D eigenvalue weighted by atomic mass is 10.1. The first-order valence-corrected chi connectivity index (χ1v) is 6.73. The molecule has 1 saturated carbocycles. The molecule has 1 aliphatic carbocycles. The van der Waals surface area contributed by atoms with Crippen molar-refractivity contribution in [2.45, 2.75) is 25.7 Å². The standard InChI is InChI=1S/C14H19N3O2/c18-13(11-4-1-2-5-11)16-8-9-17-14(19)12-6-3-7-15-10-12/h3,6-7,10-11H,1-2,4-5,8-9H2,(H,16,18)(H,17,19). The number of carbonyl (C=O) groups excluding carboxylic acids is 2. The van der Waals surface area contributed by atoms with Crippen molar-refractivity contribution in [1.29, 1.82) is 0 Å². The molecule has 0 bridgehead atoms. The van der Waals surface area contributed by atoms with Crippen molar-refractivity contribution in [3.63, 3.8) is 0 Å². The molecule has 2 amide bonds. The summed E-state index contributed by atoms with van der Waals surface area (Å²) in [6.45, 7) is 0.910. The van der Waals surface area contributed by atoms with Crippen LogP contribution >= 0.6 is 0 Å². The van der Waals surface area contributed by atoms with Gasteiger partial charge in [0.25, 0.3) is 5.91 Å². The number of aromatic nitrogens is 1. The van der Waals surface area contributed by atoms with Gasteiger partial charge in [-0.3, -0.25) is 14.6 Å². The van der Waals surface area contributed by atoms with Crippen molar-refractivity contribution < 1.29 is 9.59 Å². The normalized spacial score (nSPS) is 15.2. The van der Waals surface area contributed by atoms with Gasteiger partial charge in [-0.1, -0.05) is 12.8 Å². The van der Waals surface area contributed by atoms with Crippen molar-refractivity contribution in [3.8, 4) is 0 Å². The fourth-order valence-corrected chi connectivity index (χ4v) is 2.29. The highest BCUT2D eigenvalue weighted by Crippen LogP contribution is 2.24. The van der Waals surface area contributed by atoms with Crippen LogP contribution in [0.25, 0.3) is 0 Å². The van der Waals surface area contributed by atoms with Crippen molar-refractivity contribution in [2.75, 3.05) is 13.1 Å². The Labute approximate surface area is 112 Å². The second kappa shape index (κ2) is 6.87. The number of nitrogens with zero attached hydrogens (tertiary/aromatic N) is 1. The van der Waals surface area contributed by atoms with E-state index in [0.29, 0.717) is 18.7 Å². The molecule has 0 spiro atoms. The molecule has 1 aromatic heterocycles. The molecule has 5 heteroatoms. The quantitative estimate of drug-likeness (QED) is 0.780. The van der Waals surface area contributed by atoms with Crippen LogP contribution in [0.4, 0.5) is 0 Å². The number of hydrogen-bond acceptors (Lipinski definition) is 3. The summed E-state index contributed by atoms with van der Waals surface area (Å²) in [4.78, 5) is 27.3. The molecule has 2 rings (SSSR count). The number of nitrogens with one attached hydrogen (secondary N) is 2. The highest BCUT2D eigenvalue weighted by Gasteiger charge is 2.21. The number of hydrogen-bond donors (Lipinski definition) is 2. The van der Waals surface area contributed by atoms with Crippen LogP contribution in [-0.4, -0.2) is 29.9 Å². The Morgan fingerprint density at radius 1 is 1.21 bits per heavy atom. The molecule has 0 radical (unpaired) electrons. The molecule has 1 heterocycles. The van der Waals surface area contributed by atoms with E-state index in [9.17, 15) is 9.59 Å². The van der Waals surface area contributed by atoms with Gasteiger partial charge in [-0.05, 0) is 25.0 Å². The van der Waals surface area contributed by atoms with Crippen LogP contribution in [0.3, 0.4) is 0 Å². The van der Waals surface area contributed by atoms with Gasteiger partial charge in [0, 0.05) is 31.4 Å². The summed E-state index contributed by atoms with van der Waals surface area (Å²) in [5.74, 6) is 0.130. The van der Waals surface area contributed by atoms with Crippen LogP contribution < -0.4 is 10.6 Å². The minimum atomic E-state index is -0.164. The highest BCUT2D eigenvalue weighted by molar-refractivity contribution is 5.93. The molecule has 2 N–H and O–H groups in total. The van der Waals surface area contributed by atoms with E-state index in [1.54, 1.807) is 18.3 Å². The summed E-state index contributed by atoms with van der Waals surface area (Å²) in [6.07, 6.45) is 7.43. The highest BCUT2D eigenvalue weighted by atomic mass is 16.2.